The Bertz CT molecular complexity index is 1210. The van der Waals surface area contributed by atoms with Crippen molar-refractivity contribution in [1.82, 2.24) is 9.99 Å². The fourth-order valence-electron chi connectivity index (χ4n) is 3.27. The number of hydrogen-bond donors (Lipinski definition) is 2. The van der Waals surface area contributed by atoms with E-state index in [-0.39, 0.29) is 0 Å². The van der Waals surface area contributed by atoms with E-state index in [1.54, 1.807) is 7.11 Å². The van der Waals surface area contributed by atoms with Crippen LogP contribution in [0.25, 0.3) is 5.69 Å². The highest BCUT2D eigenvalue weighted by Gasteiger charge is 2.14. The third-order valence-electron chi connectivity index (χ3n) is 4.92. The molecule has 2 aromatic carbocycles. The molecule has 0 bridgehead atoms. The standard InChI is InChI=1S/C24H24N4O5/c1-15-12-18(16(2)28(15)20-6-5-7-21(13-20)32-3)14-25-27-23(30)22(29)26-19-10-8-17(9-11-19)24(31)33-4/h5-14H,1-4H3,(H,26,29)(H,27,30)/b25-14-. The Balaban J connectivity index is 1.64. The number of nitrogens with one attached hydrogen (secondary N) is 2. The number of hydrazone groups is 1. The van der Waals surface area contributed by atoms with Gasteiger partial charge in [0, 0.05) is 34.4 Å². The van der Waals surface area contributed by atoms with Crippen LogP contribution in [0.1, 0.15) is 27.3 Å². The van der Waals surface area contributed by atoms with Gasteiger partial charge < -0.3 is 19.4 Å². The van der Waals surface area contributed by atoms with Gasteiger partial charge in [-0.3, -0.25) is 9.59 Å². The van der Waals surface area contributed by atoms with Crippen LogP contribution in [-0.2, 0) is 14.3 Å². The smallest absolute Gasteiger partial charge is 0.337 e. The van der Waals surface area contributed by atoms with Gasteiger partial charge in [0.05, 0.1) is 26.0 Å². The monoisotopic (exact) mass is 448 g/mol. The number of nitrogens with zero attached hydrogens (tertiary/aromatic N) is 2. The second kappa shape index (κ2) is 10.3. The Morgan fingerprint density at radius 3 is 2.36 bits per heavy atom. The van der Waals surface area contributed by atoms with Gasteiger partial charge in [-0.05, 0) is 56.3 Å². The molecule has 1 aromatic heterocycles. The largest absolute Gasteiger partial charge is 0.497 e. The molecule has 33 heavy (non-hydrogen) atoms. The number of carbonyl (C=O) groups is 3. The molecule has 170 valence electrons. The van der Waals surface area contributed by atoms with E-state index in [1.165, 1.54) is 37.6 Å². The fourth-order valence-corrected chi connectivity index (χ4v) is 3.27. The van der Waals surface area contributed by atoms with E-state index in [9.17, 15) is 14.4 Å². The maximum atomic E-state index is 12.1. The molecule has 0 aliphatic heterocycles. The lowest BCUT2D eigenvalue weighted by molar-refractivity contribution is -0.136. The van der Waals surface area contributed by atoms with Crippen molar-refractivity contribution in [2.24, 2.45) is 5.10 Å². The molecule has 0 aliphatic carbocycles. The number of anilines is 1. The van der Waals surface area contributed by atoms with E-state index < -0.39 is 17.8 Å². The van der Waals surface area contributed by atoms with E-state index in [4.69, 9.17) is 4.74 Å². The van der Waals surface area contributed by atoms with Gasteiger partial charge in [-0.15, -0.1) is 0 Å². The van der Waals surface area contributed by atoms with Gasteiger partial charge in [0.2, 0.25) is 0 Å². The Morgan fingerprint density at radius 2 is 1.70 bits per heavy atom. The zero-order valence-corrected chi connectivity index (χ0v) is 18.7. The summed E-state index contributed by atoms with van der Waals surface area (Å²) in [6.45, 7) is 3.89. The van der Waals surface area contributed by atoms with Crippen molar-refractivity contribution in [3.05, 3.63) is 77.1 Å². The van der Waals surface area contributed by atoms with Gasteiger partial charge in [0.15, 0.2) is 0 Å². The summed E-state index contributed by atoms with van der Waals surface area (Å²) < 4.78 is 11.9. The van der Waals surface area contributed by atoms with Crippen LogP contribution in [0.3, 0.4) is 0 Å². The van der Waals surface area contributed by atoms with Gasteiger partial charge in [-0.2, -0.15) is 5.10 Å². The number of aryl methyl sites for hydroxylation is 1. The number of amides is 2. The fraction of sp³-hybridized carbons (Fsp3) is 0.167. The summed E-state index contributed by atoms with van der Waals surface area (Å²) in [6, 6.07) is 15.5. The van der Waals surface area contributed by atoms with E-state index >= 15 is 0 Å². The molecule has 2 N–H and O–H groups in total. The van der Waals surface area contributed by atoms with Gasteiger partial charge in [0.1, 0.15) is 5.75 Å². The molecule has 9 nitrogen and oxygen atoms in total. The number of aromatic nitrogens is 1. The summed E-state index contributed by atoms with van der Waals surface area (Å²) in [5.41, 5.74) is 6.51. The van der Waals surface area contributed by atoms with Crippen LogP contribution >= 0.6 is 0 Å². The molecule has 3 rings (SSSR count). The summed E-state index contributed by atoms with van der Waals surface area (Å²) in [5.74, 6) is -1.57. The van der Waals surface area contributed by atoms with Gasteiger partial charge >= 0.3 is 17.8 Å². The predicted octanol–water partition coefficient (Wildman–Crippen LogP) is 2.98. The van der Waals surface area contributed by atoms with Crippen LogP contribution in [0.5, 0.6) is 5.75 Å². The molecule has 2 amide bonds. The molecule has 9 heteroatoms. The molecule has 0 saturated heterocycles. The van der Waals surface area contributed by atoms with Crippen LogP contribution < -0.4 is 15.5 Å². The number of benzene rings is 2. The maximum absolute atomic E-state index is 12.1. The van der Waals surface area contributed by atoms with Crippen molar-refractivity contribution in [3.63, 3.8) is 0 Å². The van der Waals surface area contributed by atoms with Crippen LogP contribution in [0.4, 0.5) is 5.69 Å². The van der Waals surface area contributed by atoms with Crippen molar-refractivity contribution < 1.29 is 23.9 Å². The first-order valence-electron chi connectivity index (χ1n) is 10.00. The molecular weight excluding hydrogens is 424 g/mol. The normalized spacial score (nSPS) is 10.7. The lowest BCUT2D eigenvalue weighted by Crippen LogP contribution is -2.32. The summed E-state index contributed by atoms with van der Waals surface area (Å²) in [6.07, 6.45) is 1.48. The summed E-state index contributed by atoms with van der Waals surface area (Å²) in [4.78, 5) is 35.6. The molecule has 0 unspecified atom stereocenters. The minimum atomic E-state index is -0.926. The molecule has 0 radical (unpaired) electrons. The van der Waals surface area contributed by atoms with Gasteiger partial charge in [0.25, 0.3) is 0 Å². The molecule has 3 aromatic rings. The highest BCUT2D eigenvalue weighted by Crippen LogP contribution is 2.23. The lowest BCUT2D eigenvalue weighted by Gasteiger charge is -2.11. The highest BCUT2D eigenvalue weighted by molar-refractivity contribution is 6.39. The zero-order valence-electron chi connectivity index (χ0n) is 18.7. The predicted molar refractivity (Wildman–Crippen MR) is 124 cm³/mol. The maximum Gasteiger partial charge on any atom is 0.337 e. The topological polar surface area (TPSA) is 111 Å². The number of hydrogen-bond acceptors (Lipinski definition) is 6. The quantitative estimate of drug-likeness (QED) is 0.261. The summed E-state index contributed by atoms with van der Waals surface area (Å²) in [7, 11) is 2.89. The molecular formula is C24H24N4O5. The molecule has 0 saturated carbocycles. The minimum Gasteiger partial charge on any atom is -0.497 e. The lowest BCUT2D eigenvalue weighted by atomic mass is 10.2. The average Bonchev–Trinajstić information content (AvgIpc) is 3.11. The number of esters is 1. The van der Waals surface area contributed by atoms with Crippen LogP contribution in [0, 0.1) is 13.8 Å². The number of rotatable bonds is 6. The second-order valence-electron chi connectivity index (χ2n) is 7.09. The van der Waals surface area contributed by atoms with Crippen molar-refractivity contribution in [1.29, 1.82) is 0 Å². The van der Waals surface area contributed by atoms with Crippen LogP contribution in [0.2, 0.25) is 0 Å². The van der Waals surface area contributed by atoms with Crippen molar-refractivity contribution >= 4 is 29.7 Å². The van der Waals surface area contributed by atoms with E-state index in [2.05, 4.69) is 20.6 Å². The number of methoxy groups -OCH3 is 2. The molecule has 0 atom stereocenters. The number of ether oxygens (including phenoxy) is 2. The second-order valence-corrected chi connectivity index (χ2v) is 7.09. The van der Waals surface area contributed by atoms with Crippen molar-refractivity contribution in [2.45, 2.75) is 13.8 Å². The molecule has 0 spiro atoms. The van der Waals surface area contributed by atoms with Crippen molar-refractivity contribution in [3.8, 4) is 11.4 Å². The summed E-state index contributed by atoms with van der Waals surface area (Å²) in [5, 5.41) is 6.35. The van der Waals surface area contributed by atoms with Crippen LogP contribution in [0.15, 0.2) is 59.7 Å². The third kappa shape index (κ3) is 5.45. The van der Waals surface area contributed by atoms with Gasteiger partial charge in [-0.25, -0.2) is 10.2 Å². The van der Waals surface area contributed by atoms with Crippen LogP contribution in [-0.4, -0.2) is 42.8 Å². The minimum absolute atomic E-state index is 0.330. The van der Waals surface area contributed by atoms with E-state index in [0.29, 0.717) is 11.3 Å². The van der Waals surface area contributed by atoms with Crippen molar-refractivity contribution in [2.75, 3.05) is 19.5 Å². The van der Waals surface area contributed by atoms with E-state index in [0.717, 1.165) is 28.4 Å². The Kier molecular flexibility index (Phi) is 7.24. The molecule has 0 aliphatic rings. The number of carbonyl (C=O) groups excluding carboxylic acids is 3. The first-order chi connectivity index (χ1) is 15.8. The van der Waals surface area contributed by atoms with E-state index in [1.807, 2.05) is 48.7 Å². The third-order valence-corrected chi connectivity index (χ3v) is 4.92. The highest BCUT2D eigenvalue weighted by atomic mass is 16.5. The van der Waals surface area contributed by atoms with Gasteiger partial charge in [-0.1, -0.05) is 6.07 Å². The Hall–Kier alpha value is -4.40. The first-order valence-corrected chi connectivity index (χ1v) is 10.00. The Morgan fingerprint density at radius 1 is 0.970 bits per heavy atom. The zero-order chi connectivity index (χ0) is 24.0. The molecule has 1 heterocycles. The molecule has 0 fully saturated rings. The Labute approximate surface area is 191 Å². The average molecular weight is 448 g/mol. The SMILES string of the molecule is COC(=O)c1ccc(NC(=O)C(=O)N/N=C\c2cc(C)n(-c3cccc(OC)c3)c2C)cc1. The summed E-state index contributed by atoms with van der Waals surface area (Å²) >= 11 is 0. The first kappa shape index (κ1) is 23.3.